The number of nitrogens with one attached hydrogen (secondary N) is 1. The predicted octanol–water partition coefficient (Wildman–Crippen LogP) is 3.29. The molecule has 1 aliphatic rings. The molecule has 2 N–H and O–H groups in total. The van der Waals surface area contributed by atoms with E-state index in [0.717, 1.165) is 43.3 Å². The van der Waals surface area contributed by atoms with Crippen LogP contribution in [0.3, 0.4) is 0 Å². The number of anilines is 1. The van der Waals surface area contributed by atoms with Crippen LogP contribution in [0.5, 0.6) is 0 Å². The number of hydrogen-bond acceptors (Lipinski definition) is 3. The van der Waals surface area contributed by atoms with E-state index in [2.05, 4.69) is 49.2 Å². The molecule has 4 heteroatoms. The molecule has 1 fully saturated rings. The molecule has 1 heterocycles. The number of rotatable bonds is 5. The van der Waals surface area contributed by atoms with Crippen LogP contribution in [0.1, 0.15) is 32.8 Å². The molecular formula is C17H27ClN2O. The molecule has 0 radical (unpaired) electrons. The first-order chi connectivity index (χ1) is 9.97. The van der Waals surface area contributed by atoms with Crippen LogP contribution in [0.4, 0.5) is 5.69 Å². The Balaban J connectivity index is 1.99. The van der Waals surface area contributed by atoms with Crippen LogP contribution < -0.4 is 10.2 Å². The number of benzene rings is 1. The van der Waals surface area contributed by atoms with E-state index in [1.165, 1.54) is 5.56 Å². The normalized spacial score (nSPS) is 22.9. The Morgan fingerprint density at radius 1 is 1.43 bits per heavy atom. The van der Waals surface area contributed by atoms with Gasteiger partial charge in [-0.05, 0) is 42.5 Å². The van der Waals surface area contributed by atoms with E-state index in [0.29, 0.717) is 11.8 Å². The Kier molecular flexibility index (Phi) is 5.91. The quantitative estimate of drug-likeness (QED) is 0.876. The summed E-state index contributed by atoms with van der Waals surface area (Å²) in [5.74, 6) is 0.947. The molecule has 2 atom stereocenters. The molecule has 118 valence electrons. The summed E-state index contributed by atoms with van der Waals surface area (Å²) in [4.78, 5) is 2.28. The summed E-state index contributed by atoms with van der Waals surface area (Å²) in [6.45, 7) is 10.1. The monoisotopic (exact) mass is 310 g/mol. The number of nitrogens with zero attached hydrogens (tertiary/aromatic N) is 1. The smallest absolute Gasteiger partial charge is 0.0642 e. The standard InChI is InChI=1S/C17H27ClN2O/c1-12(2)9-19-10-14-4-5-16(15(18)8-14)20-7-6-17(21)13(3)11-20/h4-5,8,12-13,17,19,21H,6-7,9-11H2,1-3H3. The Morgan fingerprint density at radius 3 is 2.81 bits per heavy atom. The van der Waals surface area contributed by atoms with Crippen LogP contribution in [0, 0.1) is 11.8 Å². The second-order valence-corrected chi connectivity index (χ2v) is 7.00. The zero-order valence-electron chi connectivity index (χ0n) is 13.3. The van der Waals surface area contributed by atoms with Crippen LogP contribution in [0.25, 0.3) is 0 Å². The van der Waals surface area contributed by atoms with Crippen LogP contribution in [-0.4, -0.2) is 30.8 Å². The van der Waals surface area contributed by atoms with Crippen molar-refractivity contribution >= 4 is 17.3 Å². The zero-order chi connectivity index (χ0) is 15.4. The molecule has 1 saturated heterocycles. The molecule has 1 aromatic rings. The molecule has 0 bridgehead atoms. The van der Waals surface area contributed by atoms with Gasteiger partial charge < -0.3 is 15.3 Å². The number of halogens is 1. The van der Waals surface area contributed by atoms with Crippen molar-refractivity contribution in [1.29, 1.82) is 0 Å². The van der Waals surface area contributed by atoms with Crippen LogP contribution in [0.2, 0.25) is 5.02 Å². The van der Waals surface area contributed by atoms with Gasteiger partial charge in [0.05, 0.1) is 16.8 Å². The minimum Gasteiger partial charge on any atom is -0.393 e. The third kappa shape index (κ3) is 4.60. The minimum absolute atomic E-state index is 0.181. The highest BCUT2D eigenvalue weighted by atomic mass is 35.5. The van der Waals surface area contributed by atoms with Crippen molar-refractivity contribution in [2.45, 2.75) is 39.8 Å². The highest BCUT2D eigenvalue weighted by molar-refractivity contribution is 6.33. The average molecular weight is 311 g/mol. The lowest BCUT2D eigenvalue weighted by molar-refractivity contribution is 0.0971. The zero-order valence-corrected chi connectivity index (χ0v) is 14.0. The number of hydrogen-bond donors (Lipinski definition) is 2. The Labute approximate surface area is 133 Å². The molecule has 0 saturated carbocycles. The van der Waals surface area contributed by atoms with E-state index in [-0.39, 0.29) is 6.10 Å². The van der Waals surface area contributed by atoms with Crippen molar-refractivity contribution in [1.82, 2.24) is 5.32 Å². The SMILES string of the molecule is CC(C)CNCc1ccc(N2CCC(O)C(C)C2)c(Cl)c1. The van der Waals surface area contributed by atoms with Crippen molar-refractivity contribution in [3.05, 3.63) is 28.8 Å². The second kappa shape index (κ2) is 7.48. The Morgan fingerprint density at radius 2 is 2.19 bits per heavy atom. The first kappa shape index (κ1) is 16.6. The fourth-order valence-electron chi connectivity index (χ4n) is 2.77. The van der Waals surface area contributed by atoms with E-state index < -0.39 is 0 Å². The highest BCUT2D eigenvalue weighted by Gasteiger charge is 2.25. The van der Waals surface area contributed by atoms with Crippen LogP contribution in [0.15, 0.2) is 18.2 Å². The first-order valence-corrected chi connectivity index (χ1v) is 8.27. The lowest BCUT2D eigenvalue weighted by Crippen LogP contribution is -2.42. The fourth-order valence-corrected chi connectivity index (χ4v) is 3.10. The van der Waals surface area contributed by atoms with Crippen molar-refractivity contribution in [2.75, 3.05) is 24.5 Å². The maximum Gasteiger partial charge on any atom is 0.0642 e. The first-order valence-electron chi connectivity index (χ1n) is 7.89. The number of piperidine rings is 1. The van der Waals surface area contributed by atoms with Crippen LogP contribution in [-0.2, 0) is 6.54 Å². The van der Waals surface area contributed by atoms with Crippen molar-refractivity contribution in [2.24, 2.45) is 11.8 Å². The predicted molar refractivity (Wildman–Crippen MR) is 90.0 cm³/mol. The van der Waals surface area contributed by atoms with Gasteiger partial charge in [-0.15, -0.1) is 0 Å². The fraction of sp³-hybridized carbons (Fsp3) is 0.647. The molecule has 1 aliphatic heterocycles. The summed E-state index contributed by atoms with van der Waals surface area (Å²) in [6.07, 6.45) is 0.634. The molecule has 0 amide bonds. The van der Waals surface area contributed by atoms with E-state index in [4.69, 9.17) is 11.6 Å². The minimum atomic E-state index is -0.181. The number of aliphatic hydroxyl groups is 1. The van der Waals surface area contributed by atoms with E-state index in [1.807, 2.05) is 0 Å². The van der Waals surface area contributed by atoms with Crippen molar-refractivity contribution in [3.63, 3.8) is 0 Å². The maximum absolute atomic E-state index is 9.83. The molecule has 2 rings (SSSR count). The molecule has 0 spiro atoms. The average Bonchev–Trinajstić information content (AvgIpc) is 2.42. The summed E-state index contributed by atoms with van der Waals surface area (Å²) < 4.78 is 0. The molecule has 2 unspecified atom stereocenters. The van der Waals surface area contributed by atoms with Gasteiger partial charge in [0.15, 0.2) is 0 Å². The van der Waals surface area contributed by atoms with Crippen molar-refractivity contribution < 1.29 is 5.11 Å². The molecule has 0 aromatic heterocycles. The van der Waals surface area contributed by atoms with Crippen molar-refractivity contribution in [3.8, 4) is 0 Å². The van der Waals surface area contributed by atoms with Gasteiger partial charge in [0.2, 0.25) is 0 Å². The summed E-state index contributed by atoms with van der Waals surface area (Å²) in [5, 5.41) is 14.1. The van der Waals surface area contributed by atoms with Gasteiger partial charge in [0.25, 0.3) is 0 Å². The second-order valence-electron chi connectivity index (χ2n) is 6.59. The maximum atomic E-state index is 9.83. The largest absolute Gasteiger partial charge is 0.393 e. The Bertz CT molecular complexity index is 464. The highest BCUT2D eigenvalue weighted by Crippen LogP contribution is 2.30. The van der Waals surface area contributed by atoms with Gasteiger partial charge >= 0.3 is 0 Å². The van der Waals surface area contributed by atoms with Gasteiger partial charge in [-0.2, -0.15) is 0 Å². The van der Waals surface area contributed by atoms with Gasteiger partial charge in [-0.1, -0.05) is 38.4 Å². The Hall–Kier alpha value is -0.770. The summed E-state index contributed by atoms with van der Waals surface area (Å²) in [5.41, 5.74) is 2.30. The molecular weight excluding hydrogens is 284 g/mol. The summed E-state index contributed by atoms with van der Waals surface area (Å²) >= 11 is 6.46. The molecule has 0 aliphatic carbocycles. The van der Waals surface area contributed by atoms with Gasteiger partial charge in [-0.25, -0.2) is 0 Å². The molecule has 3 nitrogen and oxygen atoms in total. The van der Waals surface area contributed by atoms with E-state index in [1.54, 1.807) is 0 Å². The summed E-state index contributed by atoms with van der Waals surface area (Å²) in [7, 11) is 0. The van der Waals surface area contributed by atoms with Gasteiger partial charge in [0, 0.05) is 19.6 Å². The summed E-state index contributed by atoms with van der Waals surface area (Å²) in [6, 6.07) is 6.31. The lowest BCUT2D eigenvalue weighted by Gasteiger charge is -2.36. The van der Waals surface area contributed by atoms with E-state index in [9.17, 15) is 5.11 Å². The number of aliphatic hydroxyl groups excluding tert-OH is 1. The van der Waals surface area contributed by atoms with Gasteiger partial charge in [0.1, 0.15) is 0 Å². The molecule has 21 heavy (non-hydrogen) atoms. The third-order valence-corrected chi connectivity index (χ3v) is 4.40. The topological polar surface area (TPSA) is 35.5 Å². The van der Waals surface area contributed by atoms with Crippen LogP contribution >= 0.6 is 11.6 Å². The van der Waals surface area contributed by atoms with E-state index >= 15 is 0 Å². The third-order valence-electron chi connectivity index (χ3n) is 4.09. The molecule has 1 aromatic carbocycles. The van der Waals surface area contributed by atoms with Gasteiger partial charge in [-0.3, -0.25) is 0 Å². The lowest BCUT2D eigenvalue weighted by atomic mass is 9.96.